The standard InChI is InChI=1S/C21H21FN2O/c1-15-10-18(8-9-21(15)24(2)3)25-14-16-11-17(13-23-12-16)19-6-4-5-7-20(19)22/h4-13H,14H2,1-3H3. The summed E-state index contributed by atoms with van der Waals surface area (Å²) < 4.78 is 19.8. The van der Waals surface area contributed by atoms with Crippen LogP contribution in [0.15, 0.2) is 60.9 Å². The van der Waals surface area contributed by atoms with Crippen LogP contribution in [-0.2, 0) is 6.61 Å². The fourth-order valence-electron chi connectivity index (χ4n) is 2.80. The third-order valence-corrected chi connectivity index (χ3v) is 4.04. The highest BCUT2D eigenvalue weighted by molar-refractivity contribution is 5.63. The Bertz CT molecular complexity index is 877. The van der Waals surface area contributed by atoms with Gasteiger partial charge in [-0.3, -0.25) is 4.98 Å². The predicted molar refractivity (Wildman–Crippen MR) is 99.5 cm³/mol. The number of aromatic nitrogens is 1. The summed E-state index contributed by atoms with van der Waals surface area (Å²) in [5.41, 5.74) is 4.51. The molecule has 2 aromatic carbocycles. The monoisotopic (exact) mass is 336 g/mol. The van der Waals surface area contributed by atoms with Crippen molar-refractivity contribution in [1.82, 2.24) is 4.98 Å². The molecule has 0 saturated heterocycles. The van der Waals surface area contributed by atoms with Gasteiger partial charge in [0.2, 0.25) is 0 Å². The molecule has 0 aliphatic heterocycles. The molecule has 0 saturated carbocycles. The van der Waals surface area contributed by atoms with Gasteiger partial charge in [-0.1, -0.05) is 18.2 Å². The van der Waals surface area contributed by atoms with Crippen LogP contribution < -0.4 is 9.64 Å². The summed E-state index contributed by atoms with van der Waals surface area (Å²) in [6.45, 7) is 2.44. The fourth-order valence-corrected chi connectivity index (χ4v) is 2.80. The molecule has 0 radical (unpaired) electrons. The quantitative estimate of drug-likeness (QED) is 0.666. The molecule has 0 unspecified atom stereocenters. The van der Waals surface area contributed by atoms with Gasteiger partial charge in [0.15, 0.2) is 0 Å². The van der Waals surface area contributed by atoms with Crippen LogP contribution in [0.2, 0.25) is 0 Å². The summed E-state index contributed by atoms with van der Waals surface area (Å²) in [6, 6.07) is 14.6. The number of benzene rings is 2. The smallest absolute Gasteiger partial charge is 0.131 e. The summed E-state index contributed by atoms with van der Waals surface area (Å²) in [4.78, 5) is 6.29. The number of nitrogens with zero attached hydrogens (tertiary/aromatic N) is 2. The van der Waals surface area contributed by atoms with E-state index in [4.69, 9.17) is 4.74 Å². The number of ether oxygens (including phenoxy) is 1. The Morgan fingerprint density at radius 1 is 1.04 bits per heavy atom. The highest BCUT2D eigenvalue weighted by atomic mass is 19.1. The van der Waals surface area contributed by atoms with Gasteiger partial charge < -0.3 is 9.64 Å². The normalized spacial score (nSPS) is 10.6. The van der Waals surface area contributed by atoms with E-state index in [2.05, 4.69) is 16.8 Å². The van der Waals surface area contributed by atoms with E-state index >= 15 is 0 Å². The highest BCUT2D eigenvalue weighted by Gasteiger charge is 2.07. The average Bonchev–Trinajstić information content (AvgIpc) is 2.60. The first-order valence-electron chi connectivity index (χ1n) is 8.14. The maximum Gasteiger partial charge on any atom is 0.131 e. The Morgan fingerprint density at radius 2 is 1.84 bits per heavy atom. The van der Waals surface area contributed by atoms with Crippen LogP contribution in [0, 0.1) is 12.7 Å². The minimum Gasteiger partial charge on any atom is -0.489 e. The second-order valence-electron chi connectivity index (χ2n) is 6.19. The maximum absolute atomic E-state index is 13.9. The maximum atomic E-state index is 13.9. The predicted octanol–water partition coefficient (Wildman–Crippen LogP) is 4.84. The van der Waals surface area contributed by atoms with Gasteiger partial charge in [-0.05, 0) is 42.8 Å². The topological polar surface area (TPSA) is 25.4 Å². The van der Waals surface area contributed by atoms with Gasteiger partial charge in [0.25, 0.3) is 0 Å². The lowest BCUT2D eigenvalue weighted by atomic mass is 10.1. The summed E-state index contributed by atoms with van der Waals surface area (Å²) in [6.07, 6.45) is 3.41. The SMILES string of the molecule is Cc1cc(OCc2cncc(-c3ccccc3F)c2)ccc1N(C)C. The molecule has 3 aromatic rings. The van der Waals surface area contributed by atoms with Gasteiger partial charge >= 0.3 is 0 Å². The average molecular weight is 336 g/mol. The van der Waals surface area contributed by atoms with Gasteiger partial charge in [-0.15, -0.1) is 0 Å². The van der Waals surface area contributed by atoms with E-state index < -0.39 is 0 Å². The van der Waals surface area contributed by atoms with Crippen LogP contribution >= 0.6 is 0 Å². The molecule has 0 aliphatic carbocycles. The number of hydrogen-bond acceptors (Lipinski definition) is 3. The van der Waals surface area contributed by atoms with Gasteiger partial charge in [0.1, 0.15) is 18.2 Å². The molecule has 25 heavy (non-hydrogen) atoms. The molecule has 0 fully saturated rings. The van der Waals surface area contributed by atoms with Gasteiger partial charge in [0, 0.05) is 48.9 Å². The van der Waals surface area contributed by atoms with Crippen LogP contribution in [0.1, 0.15) is 11.1 Å². The minimum absolute atomic E-state index is 0.253. The molecule has 0 atom stereocenters. The Morgan fingerprint density at radius 3 is 2.56 bits per heavy atom. The summed E-state index contributed by atoms with van der Waals surface area (Å²) in [5.74, 6) is 0.552. The van der Waals surface area contributed by atoms with E-state index in [9.17, 15) is 4.39 Å². The third-order valence-electron chi connectivity index (χ3n) is 4.04. The molecular weight excluding hydrogens is 315 g/mol. The molecule has 4 heteroatoms. The first kappa shape index (κ1) is 17.0. The second-order valence-corrected chi connectivity index (χ2v) is 6.19. The summed E-state index contributed by atoms with van der Waals surface area (Å²) >= 11 is 0. The molecule has 1 aromatic heterocycles. The largest absolute Gasteiger partial charge is 0.489 e. The molecule has 0 amide bonds. The number of rotatable bonds is 5. The van der Waals surface area contributed by atoms with Crippen molar-refractivity contribution in [3.05, 3.63) is 77.9 Å². The number of aryl methyl sites for hydroxylation is 1. The minimum atomic E-state index is -0.253. The molecule has 0 bridgehead atoms. The lowest BCUT2D eigenvalue weighted by Gasteiger charge is -2.16. The van der Waals surface area contributed by atoms with E-state index in [0.29, 0.717) is 12.2 Å². The Balaban J connectivity index is 1.75. The second kappa shape index (κ2) is 7.34. The summed E-state index contributed by atoms with van der Waals surface area (Å²) in [7, 11) is 4.03. The van der Waals surface area contributed by atoms with Gasteiger partial charge in [-0.2, -0.15) is 0 Å². The first-order valence-corrected chi connectivity index (χ1v) is 8.14. The number of halogens is 1. The number of hydrogen-bond donors (Lipinski definition) is 0. The Kier molecular flexibility index (Phi) is 4.98. The van der Waals surface area contributed by atoms with Crippen LogP contribution in [0.4, 0.5) is 10.1 Å². The molecule has 0 spiro atoms. The lowest BCUT2D eigenvalue weighted by Crippen LogP contribution is -2.10. The Hall–Kier alpha value is -2.88. The van der Waals surface area contributed by atoms with Gasteiger partial charge in [0.05, 0.1) is 0 Å². The number of anilines is 1. The van der Waals surface area contributed by atoms with Crippen molar-refractivity contribution in [2.75, 3.05) is 19.0 Å². The van der Waals surface area contributed by atoms with E-state index in [1.165, 1.54) is 6.07 Å². The molecule has 1 heterocycles. The third kappa shape index (κ3) is 3.97. The molecule has 0 aliphatic rings. The number of pyridine rings is 1. The van der Waals surface area contributed by atoms with Crippen LogP contribution in [0.25, 0.3) is 11.1 Å². The van der Waals surface area contributed by atoms with Crippen LogP contribution in [0.5, 0.6) is 5.75 Å². The van der Waals surface area contributed by atoms with E-state index in [0.717, 1.165) is 28.1 Å². The van der Waals surface area contributed by atoms with Gasteiger partial charge in [-0.25, -0.2) is 4.39 Å². The fraction of sp³-hybridized carbons (Fsp3) is 0.190. The first-order chi connectivity index (χ1) is 12.0. The molecule has 3 nitrogen and oxygen atoms in total. The van der Waals surface area contributed by atoms with Crippen molar-refractivity contribution in [2.45, 2.75) is 13.5 Å². The van der Waals surface area contributed by atoms with Crippen molar-refractivity contribution in [1.29, 1.82) is 0 Å². The highest BCUT2D eigenvalue weighted by Crippen LogP contribution is 2.25. The zero-order valence-corrected chi connectivity index (χ0v) is 14.7. The van der Waals surface area contributed by atoms with Crippen molar-refractivity contribution < 1.29 is 9.13 Å². The van der Waals surface area contributed by atoms with E-state index in [1.54, 1.807) is 24.5 Å². The van der Waals surface area contributed by atoms with E-state index in [-0.39, 0.29) is 5.82 Å². The zero-order chi connectivity index (χ0) is 17.8. The van der Waals surface area contributed by atoms with Crippen molar-refractivity contribution in [3.63, 3.8) is 0 Å². The lowest BCUT2D eigenvalue weighted by molar-refractivity contribution is 0.305. The van der Waals surface area contributed by atoms with Crippen LogP contribution in [-0.4, -0.2) is 19.1 Å². The van der Waals surface area contributed by atoms with Crippen molar-refractivity contribution in [2.24, 2.45) is 0 Å². The Labute approximate surface area is 147 Å². The summed E-state index contributed by atoms with van der Waals surface area (Å²) in [5, 5.41) is 0. The van der Waals surface area contributed by atoms with Crippen molar-refractivity contribution >= 4 is 5.69 Å². The van der Waals surface area contributed by atoms with Crippen LogP contribution in [0.3, 0.4) is 0 Å². The molecule has 3 rings (SSSR count). The van der Waals surface area contributed by atoms with Crippen molar-refractivity contribution in [3.8, 4) is 16.9 Å². The molecule has 128 valence electrons. The van der Waals surface area contributed by atoms with E-state index in [1.807, 2.05) is 44.4 Å². The molecular formula is C21H21FN2O. The molecule has 0 N–H and O–H groups in total. The zero-order valence-electron chi connectivity index (χ0n) is 14.7.